The molecule has 12 heteroatoms. The van der Waals surface area contributed by atoms with Crippen molar-refractivity contribution in [2.24, 2.45) is 0 Å². The molecule has 0 unspecified atom stereocenters. The highest BCUT2D eigenvalue weighted by Gasteiger charge is 2.22. The van der Waals surface area contributed by atoms with Crippen molar-refractivity contribution in [3.63, 3.8) is 0 Å². The Balaban J connectivity index is 1.57. The van der Waals surface area contributed by atoms with Crippen LogP contribution in [0.1, 0.15) is 27.2 Å². The molecule has 3 aromatic rings. The summed E-state index contributed by atoms with van der Waals surface area (Å²) >= 11 is 13.2. The third-order valence-corrected chi connectivity index (χ3v) is 5.62. The lowest BCUT2D eigenvalue weighted by atomic mass is 10.1. The topological polar surface area (TPSA) is 100 Å². The fourth-order valence-corrected chi connectivity index (χ4v) is 3.72. The molecule has 0 radical (unpaired) electrons. The molecule has 8 nitrogen and oxygen atoms in total. The van der Waals surface area contributed by atoms with E-state index in [4.69, 9.17) is 23.2 Å². The van der Waals surface area contributed by atoms with Gasteiger partial charge in [0, 0.05) is 24.5 Å². The maximum absolute atomic E-state index is 13.2. The molecule has 2 aromatic heterocycles. The van der Waals surface area contributed by atoms with E-state index in [2.05, 4.69) is 25.8 Å². The number of halogens is 3. The van der Waals surface area contributed by atoms with Crippen LogP contribution >= 0.6 is 34.5 Å². The second-order valence-corrected chi connectivity index (χ2v) is 8.10. The van der Waals surface area contributed by atoms with Crippen LogP contribution in [0.15, 0.2) is 29.6 Å². The van der Waals surface area contributed by atoms with Crippen LogP contribution in [-0.4, -0.2) is 39.1 Å². The first kappa shape index (κ1) is 22.9. The van der Waals surface area contributed by atoms with E-state index in [1.165, 1.54) is 28.4 Å². The normalized spacial score (nSPS) is 10.6. The van der Waals surface area contributed by atoms with E-state index in [9.17, 15) is 14.0 Å². The van der Waals surface area contributed by atoms with E-state index < -0.39 is 6.03 Å². The maximum Gasteiger partial charge on any atom is 0.321 e. The highest BCUT2D eigenvalue weighted by atomic mass is 35.5. The number of aromatic nitrogens is 3. The van der Waals surface area contributed by atoms with Crippen LogP contribution in [0.2, 0.25) is 10.3 Å². The van der Waals surface area contributed by atoms with Crippen molar-refractivity contribution in [3.8, 4) is 0 Å². The zero-order valence-electron chi connectivity index (χ0n) is 16.4. The molecule has 3 rings (SSSR count). The third-order valence-electron chi connectivity index (χ3n) is 4.19. The van der Waals surface area contributed by atoms with Gasteiger partial charge in [-0.05, 0) is 24.6 Å². The number of hydrogen-bond acceptors (Lipinski definition) is 6. The first-order valence-corrected chi connectivity index (χ1v) is 10.6. The van der Waals surface area contributed by atoms with Crippen molar-refractivity contribution < 1.29 is 14.0 Å². The van der Waals surface area contributed by atoms with Gasteiger partial charge in [-0.1, -0.05) is 35.3 Å². The molecule has 0 fully saturated rings. The number of nitrogens with one attached hydrogen (secondary N) is 2. The lowest BCUT2D eigenvalue weighted by Gasteiger charge is -2.17. The number of urea groups is 1. The van der Waals surface area contributed by atoms with Gasteiger partial charge in [0.05, 0.1) is 17.8 Å². The minimum Gasteiger partial charge on any atom is -0.336 e. The third kappa shape index (κ3) is 5.87. The summed E-state index contributed by atoms with van der Waals surface area (Å²) in [5, 5.41) is 14.7. The Kier molecular flexibility index (Phi) is 7.37. The van der Waals surface area contributed by atoms with Crippen LogP contribution in [0, 0.1) is 12.7 Å². The highest BCUT2D eigenvalue weighted by Crippen LogP contribution is 2.24. The van der Waals surface area contributed by atoms with Crippen LogP contribution in [-0.2, 0) is 13.1 Å². The van der Waals surface area contributed by atoms with Crippen molar-refractivity contribution in [2.45, 2.75) is 20.0 Å². The maximum atomic E-state index is 13.2. The molecule has 2 N–H and O–H groups in total. The van der Waals surface area contributed by atoms with Gasteiger partial charge < -0.3 is 10.2 Å². The molecule has 0 aliphatic heterocycles. The second kappa shape index (κ2) is 9.99. The summed E-state index contributed by atoms with van der Waals surface area (Å²) in [5.74, 6) is -0.751. The molecular formula is C19H17Cl2FN6O2S. The van der Waals surface area contributed by atoms with Crippen molar-refractivity contribution in [3.05, 3.63) is 68.2 Å². The standard InChI is InChI=1S/C19H17Cl2FN6O2S/c1-10-14(16(21)27-26-15(10)20)17(29)28(2)8-13-9-31-19(24-13)25-18(30)23-7-11-4-3-5-12(22)6-11/h3-6,9H,7-8H2,1-2H3,(H2,23,24,25,30). The minimum atomic E-state index is -0.477. The van der Waals surface area contributed by atoms with Gasteiger partial charge in [-0.2, -0.15) is 0 Å². The minimum absolute atomic E-state index is 0.0330. The number of rotatable bonds is 6. The Morgan fingerprint density at radius 3 is 2.71 bits per heavy atom. The Morgan fingerprint density at radius 1 is 1.23 bits per heavy atom. The first-order valence-electron chi connectivity index (χ1n) is 8.92. The zero-order chi connectivity index (χ0) is 22.5. The van der Waals surface area contributed by atoms with Crippen LogP contribution in [0.5, 0.6) is 0 Å². The van der Waals surface area contributed by atoms with Crippen LogP contribution in [0.25, 0.3) is 0 Å². The van der Waals surface area contributed by atoms with Crippen LogP contribution in [0.3, 0.4) is 0 Å². The smallest absolute Gasteiger partial charge is 0.321 e. The Labute approximate surface area is 191 Å². The number of benzene rings is 1. The number of thiazole rings is 1. The molecule has 0 bridgehead atoms. The van der Waals surface area contributed by atoms with Gasteiger partial charge in [-0.15, -0.1) is 21.5 Å². The number of amides is 3. The van der Waals surface area contributed by atoms with E-state index in [-0.39, 0.29) is 40.7 Å². The molecule has 0 saturated heterocycles. The van der Waals surface area contributed by atoms with Gasteiger partial charge in [0.1, 0.15) is 5.82 Å². The monoisotopic (exact) mass is 482 g/mol. The predicted molar refractivity (Wildman–Crippen MR) is 117 cm³/mol. The second-order valence-electron chi connectivity index (χ2n) is 6.52. The van der Waals surface area contributed by atoms with E-state index in [0.717, 1.165) is 0 Å². The van der Waals surface area contributed by atoms with Crippen LogP contribution in [0.4, 0.5) is 14.3 Å². The van der Waals surface area contributed by atoms with E-state index in [1.807, 2.05) is 0 Å². The van der Waals surface area contributed by atoms with Gasteiger partial charge in [-0.25, -0.2) is 14.2 Å². The summed E-state index contributed by atoms with van der Waals surface area (Å²) in [6.45, 7) is 1.98. The number of nitrogens with zero attached hydrogens (tertiary/aromatic N) is 4. The van der Waals surface area contributed by atoms with E-state index >= 15 is 0 Å². The van der Waals surface area contributed by atoms with Gasteiger partial charge in [0.25, 0.3) is 5.91 Å². The molecule has 0 aliphatic rings. The van der Waals surface area contributed by atoms with Crippen molar-refractivity contribution >= 4 is 51.6 Å². The first-order chi connectivity index (χ1) is 14.7. The SMILES string of the molecule is Cc1c(Cl)nnc(Cl)c1C(=O)N(C)Cc1csc(NC(=O)NCc2cccc(F)c2)n1. The summed E-state index contributed by atoms with van der Waals surface area (Å²) in [5.41, 5.74) is 1.82. The van der Waals surface area contributed by atoms with Crippen molar-refractivity contribution in [1.29, 1.82) is 0 Å². The molecule has 3 amide bonds. The molecule has 162 valence electrons. The lowest BCUT2D eigenvalue weighted by Crippen LogP contribution is -2.29. The summed E-state index contributed by atoms with van der Waals surface area (Å²) in [4.78, 5) is 30.5. The highest BCUT2D eigenvalue weighted by molar-refractivity contribution is 7.13. The number of carbonyl (C=O) groups excluding carboxylic acids is 2. The summed E-state index contributed by atoms with van der Waals surface area (Å²) < 4.78 is 13.2. The largest absolute Gasteiger partial charge is 0.336 e. The summed E-state index contributed by atoms with van der Waals surface area (Å²) in [6.07, 6.45) is 0. The molecular weight excluding hydrogens is 466 g/mol. The van der Waals surface area contributed by atoms with Gasteiger partial charge in [0.15, 0.2) is 15.4 Å². The van der Waals surface area contributed by atoms with Gasteiger partial charge >= 0.3 is 6.03 Å². The van der Waals surface area contributed by atoms with Crippen LogP contribution < -0.4 is 10.6 Å². The predicted octanol–water partition coefficient (Wildman–Crippen LogP) is 4.28. The molecule has 1 aromatic carbocycles. The summed E-state index contributed by atoms with van der Waals surface area (Å²) in [7, 11) is 1.59. The molecule has 0 atom stereocenters. The average molecular weight is 483 g/mol. The average Bonchev–Trinajstić information content (AvgIpc) is 3.16. The molecule has 31 heavy (non-hydrogen) atoms. The zero-order valence-corrected chi connectivity index (χ0v) is 18.8. The molecule has 0 aliphatic carbocycles. The molecule has 0 spiro atoms. The van der Waals surface area contributed by atoms with E-state index in [1.54, 1.807) is 31.5 Å². The fourth-order valence-electron chi connectivity index (χ4n) is 2.63. The lowest BCUT2D eigenvalue weighted by molar-refractivity contribution is 0.0782. The quantitative estimate of drug-likeness (QED) is 0.545. The fraction of sp³-hybridized carbons (Fsp3) is 0.211. The van der Waals surface area contributed by atoms with E-state index in [0.29, 0.717) is 22.0 Å². The molecule has 0 saturated carbocycles. The number of carbonyl (C=O) groups is 2. The van der Waals surface area contributed by atoms with Crippen molar-refractivity contribution in [2.75, 3.05) is 12.4 Å². The van der Waals surface area contributed by atoms with Crippen molar-refractivity contribution in [1.82, 2.24) is 25.4 Å². The molecule has 2 heterocycles. The van der Waals surface area contributed by atoms with Gasteiger partial charge in [0.2, 0.25) is 0 Å². The Hall–Kier alpha value is -2.82. The number of anilines is 1. The van der Waals surface area contributed by atoms with Gasteiger partial charge in [-0.3, -0.25) is 10.1 Å². The summed E-state index contributed by atoms with van der Waals surface area (Å²) in [6, 6.07) is 5.47. The Bertz CT molecular complexity index is 1130. The number of hydrogen-bond donors (Lipinski definition) is 2. The Morgan fingerprint density at radius 2 is 1.97 bits per heavy atom.